The minimum absolute atomic E-state index is 0.0726. The lowest BCUT2D eigenvalue weighted by Gasteiger charge is -2.23. The first-order valence-corrected chi connectivity index (χ1v) is 14.0. The molecule has 10 nitrogen and oxygen atoms in total. The Kier molecular flexibility index (Phi) is 8.69. The van der Waals surface area contributed by atoms with Crippen LogP contribution in [0.3, 0.4) is 0 Å². The van der Waals surface area contributed by atoms with Crippen molar-refractivity contribution < 1.29 is 36.6 Å². The highest BCUT2D eigenvalue weighted by atomic mass is 32.2. The predicted molar refractivity (Wildman–Crippen MR) is 156 cm³/mol. The lowest BCUT2D eigenvalue weighted by atomic mass is 10.0. The summed E-state index contributed by atoms with van der Waals surface area (Å²) < 4.78 is 63.4. The molecule has 1 unspecified atom stereocenters. The number of halogens is 4. The van der Waals surface area contributed by atoms with Gasteiger partial charge in [0.05, 0.1) is 28.9 Å². The maximum atomic E-state index is 15.0. The number of hydrogen-bond donors (Lipinski definition) is 1. The van der Waals surface area contributed by atoms with E-state index in [4.69, 9.17) is 4.74 Å². The molecule has 1 aliphatic rings. The minimum Gasteiger partial charge on any atom is -0.406 e. The number of hydrogen-bond acceptors (Lipinski definition) is 7. The zero-order valence-electron chi connectivity index (χ0n) is 23.4. The van der Waals surface area contributed by atoms with Gasteiger partial charge in [0.25, 0.3) is 0 Å². The molecule has 44 heavy (non-hydrogen) atoms. The standard InChI is InChI=1S/C29H24F4N6O4S/c1-16-7-9-21(17(2)42-3)24(11-16)39-25(40)14-44-28(39)36-27(41)35-23-10-8-18(12-22(23)30)26-34-15-38(37-26)19-5-4-6-20(13-19)43-29(31,32)33/h4-13,15,17H,14H2,1-3H3,(H,35,41)/b36-28-. The number of carbonyl (C=O) groups excluding carboxylic acids is 2. The second-order valence-corrected chi connectivity index (χ2v) is 10.5. The highest BCUT2D eigenvalue weighted by Crippen LogP contribution is 2.35. The van der Waals surface area contributed by atoms with Gasteiger partial charge in [0.2, 0.25) is 5.91 Å². The molecule has 15 heteroatoms. The van der Waals surface area contributed by atoms with E-state index in [0.29, 0.717) is 5.69 Å². The summed E-state index contributed by atoms with van der Waals surface area (Å²) in [6, 6.07) is 13.6. The van der Waals surface area contributed by atoms with Crippen molar-refractivity contribution in [2.75, 3.05) is 23.1 Å². The SMILES string of the molecule is COC(C)c1ccc(C)cc1N1C(=O)CS/C1=N\C(=O)Nc1ccc(-c2ncn(-c3cccc(OC(F)(F)F)c3)n2)cc1F. The number of amides is 3. The average molecular weight is 629 g/mol. The Balaban J connectivity index is 1.33. The lowest BCUT2D eigenvalue weighted by Crippen LogP contribution is -2.31. The third-order valence-electron chi connectivity index (χ3n) is 6.46. The number of benzene rings is 3. The monoisotopic (exact) mass is 628 g/mol. The van der Waals surface area contributed by atoms with E-state index >= 15 is 4.39 Å². The number of urea groups is 1. The Hall–Kier alpha value is -4.76. The Morgan fingerprint density at radius 1 is 1.14 bits per heavy atom. The fourth-order valence-electron chi connectivity index (χ4n) is 4.33. The molecule has 3 amide bonds. The molecule has 1 saturated heterocycles. The Labute approximate surface area is 252 Å². The van der Waals surface area contributed by atoms with Crippen LogP contribution in [-0.2, 0) is 9.53 Å². The van der Waals surface area contributed by atoms with Gasteiger partial charge < -0.3 is 14.8 Å². The molecule has 0 radical (unpaired) electrons. The maximum Gasteiger partial charge on any atom is 0.573 e. The van der Waals surface area contributed by atoms with Gasteiger partial charge in [0, 0.05) is 24.3 Å². The Bertz CT molecular complexity index is 1760. The molecule has 1 N–H and O–H groups in total. The van der Waals surface area contributed by atoms with Gasteiger partial charge in [0.15, 0.2) is 11.0 Å². The van der Waals surface area contributed by atoms with Gasteiger partial charge in [-0.05, 0) is 55.8 Å². The molecule has 2 heterocycles. The predicted octanol–water partition coefficient (Wildman–Crippen LogP) is 6.66. The molecule has 5 rings (SSSR count). The number of nitrogens with one attached hydrogen (secondary N) is 1. The van der Waals surface area contributed by atoms with Gasteiger partial charge >= 0.3 is 12.4 Å². The second kappa shape index (κ2) is 12.5. The van der Waals surface area contributed by atoms with Gasteiger partial charge in [0.1, 0.15) is 17.9 Å². The van der Waals surface area contributed by atoms with Crippen molar-refractivity contribution in [2.24, 2.45) is 4.99 Å². The van der Waals surface area contributed by atoms with E-state index in [2.05, 4.69) is 25.1 Å². The largest absolute Gasteiger partial charge is 0.573 e. The molecule has 1 fully saturated rings. The molecule has 1 aromatic heterocycles. The first-order valence-electron chi connectivity index (χ1n) is 13.0. The van der Waals surface area contributed by atoms with Crippen LogP contribution < -0.4 is 15.0 Å². The van der Waals surface area contributed by atoms with Crippen molar-refractivity contribution in [3.63, 3.8) is 0 Å². The van der Waals surface area contributed by atoms with Crippen LogP contribution in [0.25, 0.3) is 17.1 Å². The molecular formula is C29H24F4N6O4S. The number of methoxy groups -OCH3 is 1. The maximum absolute atomic E-state index is 15.0. The topological polar surface area (TPSA) is 111 Å². The molecule has 1 aliphatic heterocycles. The van der Waals surface area contributed by atoms with Gasteiger partial charge in [-0.1, -0.05) is 30.0 Å². The molecule has 228 valence electrons. The summed E-state index contributed by atoms with van der Waals surface area (Å²) >= 11 is 1.08. The summed E-state index contributed by atoms with van der Waals surface area (Å²) in [6.07, 6.45) is -3.93. The van der Waals surface area contributed by atoms with Crippen LogP contribution in [0.15, 0.2) is 72.0 Å². The first-order chi connectivity index (χ1) is 20.9. The molecule has 0 aliphatic carbocycles. The third kappa shape index (κ3) is 6.89. The molecule has 1 atom stereocenters. The summed E-state index contributed by atoms with van der Waals surface area (Å²) in [5, 5.41) is 6.74. The molecule has 0 spiro atoms. The second-order valence-electron chi connectivity index (χ2n) is 9.54. The highest BCUT2D eigenvalue weighted by Gasteiger charge is 2.33. The van der Waals surface area contributed by atoms with Crippen LogP contribution in [0.2, 0.25) is 0 Å². The van der Waals surface area contributed by atoms with Crippen molar-refractivity contribution in [2.45, 2.75) is 26.3 Å². The fourth-order valence-corrected chi connectivity index (χ4v) is 5.19. The van der Waals surface area contributed by atoms with Gasteiger partial charge in [-0.2, -0.15) is 4.99 Å². The smallest absolute Gasteiger partial charge is 0.406 e. The summed E-state index contributed by atoms with van der Waals surface area (Å²) in [6.45, 7) is 3.71. The van der Waals surface area contributed by atoms with Crippen LogP contribution in [0.5, 0.6) is 5.75 Å². The third-order valence-corrected chi connectivity index (χ3v) is 7.38. The van der Waals surface area contributed by atoms with Crippen molar-refractivity contribution in [1.82, 2.24) is 14.8 Å². The van der Waals surface area contributed by atoms with E-state index in [-0.39, 0.29) is 45.7 Å². The number of rotatable bonds is 7. The highest BCUT2D eigenvalue weighted by molar-refractivity contribution is 8.15. The number of aromatic nitrogens is 3. The molecule has 3 aromatic carbocycles. The first kappa shape index (κ1) is 30.7. The van der Waals surface area contributed by atoms with Crippen LogP contribution in [0.1, 0.15) is 24.2 Å². The van der Waals surface area contributed by atoms with Gasteiger partial charge in [-0.3, -0.25) is 9.69 Å². The number of amidine groups is 1. The summed E-state index contributed by atoms with van der Waals surface area (Å²) in [5.74, 6) is -1.36. The molecule has 0 bridgehead atoms. The number of aryl methyl sites for hydroxylation is 1. The number of aliphatic imine (C=N–C) groups is 1. The van der Waals surface area contributed by atoms with E-state index in [0.717, 1.165) is 41.1 Å². The van der Waals surface area contributed by atoms with Crippen molar-refractivity contribution >= 4 is 40.2 Å². The van der Waals surface area contributed by atoms with E-state index < -0.39 is 24.0 Å². The van der Waals surface area contributed by atoms with E-state index in [1.54, 1.807) is 7.11 Å². The van der Waals surface area contributed by atoms with Crippen molar-refractivity contribution in [1.29, 1.82) is 0 Å². The van der Waals surface area contributed by atoms with Crippen LogP contribution in [0.4, 0.5) is 33.7 Å². The number of anilines is 2. The van der Waals surface area contributed by atoms with Crippen molar-refractivity contribution in [3.05, 3.63) is 83.9 Å². The summed E-state index contributed by atoms with van der Waals surface area (Å²) in [7, 11) is 1.55. The van der Waals surface area contributed by atoms with E-state index in [1.807, 2.05) is 32.0 Å². The van der Waals surface area contributed by atoms with E-state index in [9.17, 15) is 22.8 Å². The molecular weight excluding hydrogens is 604 g/mol. The lowest BCUT2D eigenvalue weighted by molar-refractivity contribution is -0.274. The Morgan fingerprint density at radius 2 is 1.93 bits per heavy atom. The average Bonchev–Trinajstić information content (AvgIpc) is 3.60. The summed E-state index contributed by atoms with van der Waals surface area (Å²) in [4.78, 5) is 35.1. The van der Waals surface area contributed by atoms with Gasteiger partial charge in [-0.15, -0.1) is 18.3 Å². The fraction of sp³-hybridized carbons (Fsp3) is 0.207. The molecule has 0 saturated carbocycles. The van der Waals surface area contributed by atoms with Crippen LogP contribution >= 0.6 is 11.8 Å². The molecule has 4 aromatic rings. The zero-order valence-corrected chi connectivity index (χ0v) is 24.2. The van der Waals surface area contributed by atoms with Gasteiger partial charge in [-0.25, -0.2) is 18.9 Å². The number of ether oxygens (including phenoxy) is 2. The summed E-state index contributed by atoms with van der Waals surface area (Å²) in [5.41, 5.74) is 2.48. The minimum atomic E-state index is -4.85. The van der Waals surface area contributed by atoms with Crippen LogP contribution in [0, 0.1) is 12.7 Å². The number of alkyl halides is 3. The van der Waals surface area contributed by atoms with E-state index in [1.165, 1.54) is 40.2 Å². The number of thioether (sulfide) groups is 1. The number of nitrogens with zero attached hydrogens (tertiary/aromatic N) is 5. The number of carbonyl (C=O) groups is 2. The normalized spacial score (nSPS) is 15.1. The van der Waals surface area contributed by atoms with Crippen LogP contribution in [-0.4, -0.2) is 51.1 Å². The quantitative estimate of drug-likeness (QED) is 0.228. The van der Waals surface area contributed by atoms with Crippen molar-refractivity contribution in [3.8, 4) is 22.8 Å². The zero-order chi connectivity index (χ0) is 31.6. The Morgan fingerprint density at radius 3 is 2.66 bits per heavy atom.